The molecule has 0 unspecified atom stereocenters. The Kier molecular flexibility index (Phi) is 6.30. The van der Waals surface area contributed by atoms with Gasteiger partial charge in [0.2, 0.25) is 5.91 Å². The van der Waals surface area contributed by atoms with Gasteiger partial charge in [-0.3, -0.25) is 4.79 Å². The number of anilines is 1. The number of carbonyl (C=O) groups excluding carboxylic acids is 1. The molecule has 6 heteroatoms. The van der Waals surface area contributed by atoms with Crippen molar-refractivity contribution >= 4 is 35.0 Å². The summed E-state index contributed by atoms with van der Waals surface area (Å²) in [5.74, 6) is 0.856. The van der Waals surface area contributed by atoms with E-state index in [1.165, 1.54) is 31.0 Å². The molecule has 0 saturated heterocycles. The molecule has 0 saturated carbocycles. The number of rotatable bonds is 6. The molecule has 3 nitrogen and oxygen atoms in total. The summed E-state index contributed by atoms with van der Waals surface area (Å²) in [6.45, 7) is 1.93. The van der Waals surface area contributed by atoms with Crippen LogP contribution in [0.5, 0.6) is 5.75 Å². The van der Waals surface area contributed by atoms with E-state index >= 15 is 0 Å². The quantitative estimate of drug-likeness (QED) is 0.820. The summed E-state index contributed by atoms with van der Waals surface area (Å²) < 4.78 is 18.5. The summed E-state index contributed by atoms with van der Waals surface area (Å²) in [5.41, 5.74) is 2.34. The minimum absolute atomic E-state index is 0.156. The van der Waals surface area contributed by atoms with Gasteiger partial charge in [-0.15, -0.1) is 11.8 Å². The van der Waals surface area contributed by atoms with Gasteiger partial charge in [-0.05, 0) is 42.8 Å². The average molecular weight is 354 g/mol. The molecule has 0 heterocycles. The zero-order valence-electron chi connectivity index (χ0n) is 12.9. The third-order valence-electron chi connectivity index (χ3n) is 3.13. The largest absolute Gasteiger partial charge is 0.496 e. The lowest BCUT2D eigenvalue weighted by atomic mass is 10.2. The molecule has 0 spiro atoms. The van der Waals surface area contributed by atoms with Crippen molar-refractivity contribution in [1.29, 1.82) is 0 Å². The molecule has 2 aromatic rings. The van der Waals surface area contributed by atoms with Crippen molar-refractivity contribution in [2.75, 3.05) is 18.2 Å². The summed E-state index contributed by atoms with van der Waals surface area (Å²) in [7, 11) is 1.54. The monoisotopic (exact) mass is 353 g/mol. The Bertz CT molecular complexity index is 709. The van der Waals surface area contributed by atoms with Crippen LogP contribution in [0.15, 0.2) is 36.4 Å². The van der Waals surface area contributed by atoms with Gasteiger partial charge in [0, 0.05) is 11.3 Å². The molecule has 0 aliphatic heterocycles. The summed E-state index contributed by atoms with van der Waals surface area (Å²) in [6, 6.07) is 9.79. The van der Waals surface area contributed by atoms with Crippen molar-refractivity contribution in [3.63, 3.8) is 0 Å². The van der Waals surface area contributed by atoms with Crippen LogP contribution in [-0.4, -0.2) is 18.8 Å². The third-order valence-corrected chi connectivity index (χ3v) is 4.43. The Hall–Kier alpha value is -1.72. The number of benzene rings is 2. The van der Waals surface area contributed by atoms with Crippen molar-refractivity contribution in [3.05, 3.63) is 58.4 Å². The Morgan fingerprint density at radius 3 is 2.78 bits per heavy atom. The first-order valence-corrected chi connectivity index (χ1v) is 8.49. The maximum absolute atomic E-state index is 13.3. The Balaban J connectivity index is 1.89. The highest BCUT2D eigenvalue weighted by Crippen LogP contribution is 2.25. The Labute approximate surface area is 144 Å². The number of thioether (sulfide) groups is 1. The summed E-state index contributed by atoms with van der Waals surface area (Å²) in [5, 5.41) is 3.28. The molecule has 0 radical (unpaired) electrons. The lowest BCUT2D eigenvalue weighted by Gasteiger charge is -2.09. The van der Waals surface area contributed by atoms with Gasteiger partial charge in [-0.1, -0.05) is 17.7 Å². The number of aryl methyl sites for hydroxylation is 1. The highest BCUT2D eigenvalue weighted by atomic mass is 35.5. The zero-order valence-corrected chi connectivity index (χ0v) is 14.4. The molecule has 23 heavy (non-hydrogen) atoms. The second-order valence-electron chi connectivity index (χ2n) is 4.98. The standard InChI is InChI=1S/C17H17ClFNO2S/c1-11-3-5-15(14(18)7-11)20-17(21)10-23-9-12-8-13(19)4-6-16(12)22-2/h3-8H,9-10H2,1-2H3,(H,20,21). The molecule has 1 N–H and O–H groups in total. The molecule has 0 atom stereocenters. The fourth-order valence-electron chi connectivity index (χ4n) is 2.02. The Morgan fingerprint density at radius 1 is 1.30 bits per heavy atom. The topological polar surface area (TPSA) is 38.3 Å². The van der Waals surface area contributed by atoms with Gasteiger partial charge in [-0.2, -0.15) is 0 Å². The molecule has 122 valence electrons. The first-order valence-electron chi connectivity index (χ1n) is 6.95. The van der Waals surface area contributed by atoms with Crippen LogP contribution in [0, 0.1) is 12.7 Å². The normalized spacial score (nSPS) is 10.4. The maximum atomic E-state index is 13.3. The molecule has 2 aromatic carbocycles. The van der Waals surface area contributed by atoms with E-state index in [9.17, 15) is 9.18 Å². The number of carbonyl (C=O) groups is 1. The van der Waals surface area contributed by atoms with Crippen LogP contribution in [0.4, 0.5) is 10.1 Å². The predicted octanol–water partition coefficient (Wildman–Crippen LogP) is 4.67. The van der Waals surface area contributed by atoms with Gasteiger partial charge < -0.3 is 10.1 Å². The van der Waals surface area contributed by atoms with Crippen LogP contribution in [0.25, 0.3) is 0 Å². The van der Waals surface area contributed by atoms with E-state index in [4.69, 9.17) is 16.3 Å². The van der Waals surface area contributed by atoms with Crippen molar-refractivity contribution in [2.45, 2.75) is 12.7 Å². The number of methoxy groups -OCH3 is 1. The van der Waals surface area contributed by atoms with Crippen LogP contribution in [0.2, 0.25) is 5.02 Å². The van der Waals surface area contributed by atoms with Crippen molar-refractivity contribution in [2.24, 2.45) is 0 Å². The smallest absolute Gasteiger partial charge is 0.234 e. The zero-order chi connectivity index (χ0) is 16.8. The number of nitrogens with one attached hydrogen (secondary N) is 1. The van der Waals surface area contributed by atoms with E-state index in [2.05, 4.69) is 5.32 Å². The second kappa shape index (κ2) is 8.22. The number of hydrogen-bond donors (Lipinski definition) is 1. The van der Waals surface area contributed by atoms with Gasteiger partial charge in [-0.25, -0.2) is 4.39 Å². The van der Waals surface area contributed by atoms with Crippen LogP contribution in [0.3, 0.4) is 0 Å². The fourth-order valence-corrected chi connectivity index (χ4v) is 3.11. The van der Waals surface area contributed by atoms with Crippen LogP contribution >= 0.6 is 23.4 Å². The lowest BCUT2D eigenvalue weighted by molar-refractivity contribution is -0.113. The highest BCUT2D eigenvalue weighted by molar-refractivity contribution is 7.99. The van der Waals surface area contributed by atoms with Crippen LogP contribution < -0.4 is 10.1 Å². The van der Waals surface area contributed by atoms with Crippen molar-refractivity contribution < 1.29 is 13.9 Å². The molecule has 0 aliphatic carbocycles. The molecule has 0 bridgehead atoms. The summed E-state index contributed by atoms with van der Waals surface area (Å²) in [4.78, 5) is 12.0. The molecule has 0 aliphatic rings. The lowest BCUT2D eigenvalue weighted by Crippen LogP contribution is -2.14. The van der Waals surface area contributed by atoms with Crippen LogP contribution in [-0.2, 0) is 10.5 Å². The first-order chi connectivity index (χ1) is 11.0. The van der Waals surface area contributed by atoms with Crippen molar-refractivity contribution in [1.82, 2.24) is 0 Å². The molecule has 0 aromatic heterocycles. The van der Waals surface area contributed by atoms with E-state index in [0.29, 0.717) is 22.2 Å². The number of ether oxygens (including phenoxy) is 1. The minimum Gasteiger partial charge on any atom is -0.496 e. The predicted molar refractivity (Wildman–Crippen MR) is 93.9 cm³/mol. The van der Waals surface area contributed by atoms with Crippen LogP contribution in [0.1, 0.15) is 11.1 Å². The van der Waals surface area contributed by atoms with E-state index < -0.39 is 0 Å². The first kappa shape index (κ1) is 17.6. The fraction of sp³-hybridized carbons (Fsp3) is 0.235. The summed E-state index contributed by atoms with van der Waals surface area (Å²) >= 11 is 7.46. The van der Waals surface area contributed by atoms with E-state index in [-0.39, 0.29) is 17.5 Å². The number of halogens is 2. The Morgan fingerprint density at radius 2 is 2.09 bits per heavy atom. The minimum atomic E-state index is -0.322. The number of amides is 1. The molecule has 0 fully saturated rings. The van der Waals surface area contributed by atoms with Gasteiger partial charge in [0.15, 0.2) is 0 Å². The second-order valence-corrected chi connectivity index (χ2v) is 6.37. The van der Waals surface area contributed by atoms with Gasteiger partial charge in [0.1, 0.15) is 11.6 Å². The maximum Gasteiger partial charge on any atom is 0.234 e. The summed E-state index contributed by atoms with van der Waals surface area (Å²) in [6.07, 6.45) is 0. The SMILES string of the molecule is COc1ccc(F)cc1CSCC(=O)Nc1ccc(C)cc1Cl. The molecule has 2 rings (SSSR count). The molecular weight excluding hydrogens is 337 g/mol. The van der Waals surface area contributed by atoms with E-state index in [1.807, 2.05) is 13.0 Å². The number of hydrogen-bond acceptors (Lipinski definition) is 3. The highest BCUT2D eigenvalue weighted by Gasteiger charge is 2.09. The van der Waals surface area contributed by atoms with E-state index in [0.717, 1.165) is 11.1 Å². The van der Waals surface area contributed by atoms with Crippen molar-refractivity contribution in [3.8, 4) is 5.75 Å². The third kappa shape index (κ3) is 5.15. The van der Waals surface area contributed by atoms with Gasteiger partial charge in [0.05, 0.1) is 23.6 Å². The molecular formula is C17H17ClFNO2S. The molecule has 1 amide bonds. The average Bonchev–Trinajstić information content (AvgIpc) is 2.50. The van der Waals surface area contributed by atoms with Gasteiger partial charge in [0.25, 0.3) is 0 Å². The van der Waals surface area contributed by atoms with E-state index in [1.54, 1.807) is 18.2 Å². The van der Waals surface area contributed by atoms with Gasteiger partial charge >= 0.3 is 0 Å².